The second-order valence-electron chi connectivity index (χ2n) is 3.94. The highest BCUT2D eigenvalue weighted by Gasteiger charge is 2.23. The van der Waals surface area contributed by atoms with Crippen molar-refractivity contribution >= 4 is 13.7 Å². The van der Waals surface area contributed by atoms with E-state index in [1.54, 1.807) is 0 Å². The van der Waals surface area contributed by atoms with Crippen LogP contribution in [0.3, 0.4) is 0 Å². The maximum absolute atomic E-state index is 11.5. The number of rotatable bonds is 5. The van der Waals surface area contributed by atoms with Crippen molar-refractivity contribution in [3.8, 4) is 0 Å². The first-order chi connectivity index (χ1) is 8.28. The van der Waals surface area contributed by atoms with Gasteiger partial charge in [0.15, 0.2) is 0 Å². The van der Waals surface area contributed by atoms with Crippen LogP contribution in [-0.2, 0) is 20.4 Å². The summed E-state index contributed by atoms with van der Waals surface area (Å²) in [6.45, 7) is 3.52. The van der Waals surface area contributed by atoms with Gasteiger partial charge in [0.1, 0.15) is 6.10 Å². The predicted octanol–water partition coefficient (Wildman–Crippen LogP) is 1.11. The number of phosphoric ester groups is 1. The van der Waals surface area contributed by atoms with E-state index in [-0.39, 0.29) is 6.54 Å². The molecule has 1 amide bonds. The third-order valence-corrected chi connectivity index (χ3v) is 2.84. The molecular formula is C11H16NO5P. The average Bonchev–Trinajstić information content (AvgIpc) is 2.25. The Kier molecular flexibility index (Phi) is 5.04. The van der Waals surface area contributed by atoms with Gasteiger partial charge < -0.3 is 15.1 Å². The molecular weight excluding hydrogens is 257 g/mol. The molecule has 0 radical (unpaired) electrons. The van der Waals surface area contributed by atoms with Crippen LogP contribution in [0.25, 0.3) is 0 Å². The molecule has 7 heteroatoms. The van der Waals surface area contributed by atoms with Crippen molar-refractivity contribution in [2.45, 2.75) is 26.5 Å². The number of carbonyl (C=O) groups is 1. The standard InChI is InChI=1S/C11H16NO5P/c1-8-3-5-10(6-4-8)7-12-11(13)9(2)17-18(14,15)16/h3-6,9H,7H2,1-2H3,(H,12,13)(H2,14,15,16). The van der Waals surface area contributed by atoms with E-state index in [9.17, 15) is 9.36 Å². The van der Waals surface area contributed by atoms with Crippen LogP contribution in [0.1, 0.15) is 18.1 Å². The number of hydrogen-bond acceptors (Lipinski definition) is 3. The maximum Gasteiger partial charge on any atom is 0.470 e. The molecule has 6 nitrogen and oxygen atoms in total. The molecule has 0 fully saturated rings. The Morgan fingerprint density at radius 1 is 1.39 bits per heavy atom. The molecule has 100 valence electrons. The molecule has 0 saturated heterocycles. The molecule has 0 spiro atoms. The summed E-state index contributed by atoms with van der Waals surface area (Å²) in [7, 11) is -4.64. The van der Waals surface area contributed by atoms with E-state index in [0.717, 1.165) is 11.1 Å². The normalized spacial score (nSPS) is 13.1. The monoisotopic (exact) mass is 273 g/mol. The lowest BCUT2D eigenvalue weighted by Crippen LogP contribution is -2.33. The van der Waals surface area contributed by atoms with Gasteiger partial charge in [0.2, 0.25) is 5.91 Å². The number of phosphoric acid groups is 1. The van der Waals surface area contributed by atoms with Crippen molar-refractivity contribution in [2.24, 2.45) is 0 Å². The Morgan fingerprint density at radius 2 is 1.94 bits per heavy atom. The van der Waals surface area contributed by atoms with Gasteiger partial charge in [-0.25, -0.2) is 4.57 Å². The SMILES string of the molecule is Cc1ccc(CNC(=O)C(C)OP(=O)(O)O)cc1. The molecule has 1 atom stereocenters. The number of benzene rings is 1. The molecule has 0 saturated carbocycles. The molecule has 1 aromatic rings. The fourth-order valence-corrected chi connectivity index (χ4v) is 1.80. The fourth-order valence-electron chi connectivity index (χ4n) is 1.29. The molecule has 1 unspecified atom stereocenters. The average molecular weight is 273 g/mol. The zero-order chi connectivity index (χ0) is 13.8. The van der Waals surface area contributed by atoms with E-state index in [1.165, 1.54) is 6.92 Å². The Hall–Kier alpha value is -1.20. The molecule has 0 bridgehead atoms. The van der Waals surface area contributed by atoms with Crippen molar-refractivity contribution in [3.05, 3.63) is 35.4 Å². The lowest BCUT2D eigenvalue weighted by Gasteiger charge is -2.13. The summed E-state index contributed by atoms with van der Waals surface area (Å²) in [5.41, 5.74) is 2.01. The van der Waals surface area contributed by atoms with Crippen molar-refractivity contribution in [1.82, 2.24) is 5.32 Å². The number of aryl methyl sites for hydroxylation is 1. The van der Waals surface area contributed by atoms with Gasteiger partial charge in [-0.1, -0.05) is 29.8 Å². The maximum atomic E-state index is 11.5. The number of hydrogen-bond donors (Lipinski definition) is 3. The molecule has 3 N–H and O–H groups in total. The zero-order valence-corrected chi connectivity index (χ0v) is 11.1. The lowest BCUT2D eigenvalue weighted by molar-refractivity contribution is -0.128. The van der Waals surface area contributed by atoms with E-state index in [2.05, 4.69) is 9.84 Å². The van der Waals surface area contributed by atoms with Gasteiger partial charge in [0.05, 0.1) is 0 Å². The van der Waals surface area contributed by atoms with Gasteiger partial charge in [-0.05, 0) is 19.4 Å². The summed E-state index contributed by atoms with van der Waals surface area (Å²) in [5.74, 6) is -0.570. The van der Waals surface area contributed by atoms with E-state index in [4.69, 9.17) is 9.79 Å². The molecule has 0 aromatic heterocycles. The first-order valence-electron chi connectivity index (χ1n) is 5.35. The van der Waals surface area contributed by atoms with Gasteiger partial charge in [-0.15, -0.1) is 0 Å². The van der Waals surface area contributed by atoms with Gasteiger partial charge in [0, 0.05) is 6.54 Å². The smallest absolute Gasteiger partial charge is 0.350 e. The Labute approximate surface area is 105 Å². The fraction of sp³-hybridized carbons (Fsp3) is 0.364. The zero-order valence-electron chi connectivity index (χ0n) is 10.2. The highest BCUT2D eigenvalue weighted by atomic mass is 31.2. The third-order valence-electron chi connectivity index (χ3n) is 2.25. The molecule has 0 aliphatic carbocycles. The summed E-state index contributed by atoms with van der Waals surface area (Å²) in [6, 6.07) is 7.56. The van der Waals surface area contributed by atoms with E-state index < -0.39 is 19.8 Å². The largest absolute Gasteiger partial charge is 0.470 e. The van der Waals surface area contributed by atoms with Crippen LogP contribution in [0.2, 0.25) is 0 Å². The summed E-state index contributed by atoms with van der Waals surface area (Å²) in [5, 5.41) is 2.53. The summed E-state index contributed by atoms with van der Waals surface area (Å²) in [6.07, 6.45) is -1.20. The van der Waals surface area contributed by atoms with Crippen molar-refractivity contribution in [2.75, 3.05) is 0 Å². The highest BCUT2D eigenvalue weighted by Crippen LogP contribution is 2.37. The first kappa shape index (κ1) is 14.9. The highest BCUT2D eigenvalue weighted by molar-refractivity contribution is 7.46. The molecule has 1 aromatic carbocycles. The molecule has 0 aliphatic rings. The van der Waals surface area contributed by atoms with Crippen molar-refractivity contribution in [1.29, 1.82) is 0 Å². The van der Waals surface area contributed by atoms with Crippen LogP contribution in [0.4, 0.5) is 0 Å². The minimum Gasteiger partial charge on any atom is -0.350 e. The van der Waals surface area contributed by atoms with Crippen LogP contribution in [0.5, 0.6) is 0 Å². The predicted molar refractivity (Wildman–Crippen MR) is 65.6 cm³/mol. The summed E-state index contributed by atoms with van der Waals surface area (Å²) < 4.78 is 14.8. The second kappa shape index (κ2) is 6.11. The van der Waals surface area contributed by atoms with Crippen LogP contribution < -0.4 is 5.32 Å². The van der Waals surface area contributed by atoms with Crippen LogP contribution in [0, 0.1) is 6.92 Å². The van der Waals surface area contributed by atoms with E-state index in [1.807, 2.05) is 31.2 Å². The molecule has 0 aliphatic heterocycles. The van der Waals surface area contributed by atoms with Crippen LogP contribution in [0.15, 0.2) is 24.3 Å². The topological polar surface area (TPSA) is 95.9 Å². The third kappa shape index (κ3) is 5.42. The number of carbonyl (C=O) groups excluding carboxylic acids is 1. The summed E-state index contributed by atoms with van der Waals surface area (Å²) in [4.78, 5) is 28.6. The van der Waals surface area contributed by atoms with E-state index >= 15 is 0 Å². The Morgan fingerprint density at radius 3 is 2.44 bits per heavy atom. The first-order valence-corrected chi connectivity index (χ1v) is 6.88. The molecule has 1 rings (SSSR count). The number of nitrogens with one attached hydrogen (secondary N) is 1. The summed E-state index contributed by atoms with van der Waals surface area (Å²) >= 11 is 0. The van der Waals surface area contributed by atoms with Gasteiger partial charge in [-0.3, -0.25) is 9.32 Å². The van der Waals surface area contributed by atoms with Crippen molar-refractivity contribution in [3.63, 3.8) is 0 Å². The Balaban J connectivity index is 2.46. The van der Waals surface area contributed by atoms with Gasteiger partial charge >= 0.3 is 7.82 Å². The minimum absolute atomic E-state index is 0.286. The van der Waals surface area contributed by atoms with Crippen molar-refractivity contribution < 1.29 is 23.7 Å². The van der Waals surface area contributed by atoms with Gasteiger partial charge in [-0.2, -0.15) is 0 Å². The number of amides is 1. The lowest BCUT2D eigenvalue weighted by atomic mass is 10.1. The minimum atomic E-state index is -4.64. The molecule has 0 heterocycles. The molecule has 18 heavy (non-hydrogen) atoms. The van der Waals surface area contributed by atoms with E-state index in [0.29, 0.717) is 0 Å². The van der Waals surface area contributed by atoms with Gasteiger partial charge in [0.25, 0.3) is 0 Å². The Bertz CT molecular complexity index is 453. The second-order valence-corrected chi connectivity index (χ2v) is 5.13. The van der Waals surface area contributed by atoms with Crippen LogP contribution in [-0.4, -0.2) is 21.8 Å². The van der Waals surface area contributed by atoms with Crippen LogP contribution >= 0.6 is 7.82 Å². The quantitative estimate of drug-likeness (QED) is 0.698.